The van der Waals surface area contributed by atoms with Gasteiger partial charge in [-0.05, 0) is 30.5 Å². The van der Waals surface area contributed by atoms with Gasteiger partial charge in [0.05, 0.1) is 10.2 Å². The van der Waals surface area contributed by atoms with E-state index < -0.39 is 0 Å². The fraction of sp³-hybridized carbons (Fsp3) is 0.263. The monoisotopic (exact) mass is 324 g/mol. The summed E-state index contributed by atoms with van der Waals surface area (Å²) in [5.41, 5.74) is 2.20. The van der Waals surface area contributed by atoms with Gasteiger partial charge >= 0.3 is 0 Å². The summed E-state index contributed by atoms with van der Waals surface area (Å²) in [7, 11) is 0. The van der Waals surface area contributed by atoms with Gasteiger partial charge in [-0.25, -0.2) is 4.98 Å². The highest BCUT2D eigenvalue weighted by Crippen LogP contribution is 2.29. The molecule has 0 aliphatic rings. The topological polar surface area (TPSA) is 33.2 Å². The van der Waals surface area contributed by atoms with Crippen molar-refractivity contribution >= 4 is 32.6 Å². The van der Waals surface area contributed by atoms with Crippen molar-refractivity contribution in [1.82, 2.24) is 4.98 Å². The summed E-state index contributed by atoms with van der Waals surface area (Å²) >= 11 is 1.59. The maximum Gasteiger partial charge on any atom is 0.228 e. The van der Waals surface area contributed by atoms with E-state index in [0.29, 0.717) is 13.0 Å². The van der Waals surface area contributed by atoms with Crippen LogP contribution in [0.4, 0.5) is 5.13 Å². The quantitative estimate of drug-likeness (QED) is 0.660. The molecule has 1 aromatic heterocycles. The number of rotatable bonds is 6. The summed E-state index contributed by atoms with van der Waals surface area (Å²) in [6.45, 7) is 2.70. The number of benzene rings is 2. The molecule has 3 aromatic rings. The molecule has 1 heterocycles. The van der Waals surface area contributed by atoms with Crippen LogP contribution >= 0.6 is 11.3 Å². The first kappa shape index (κ1) is 15.7. The number of hydrogen-bond donors (Lipinski definition) is 0. The third kappa shape index (κ3) is 3.77. The Hall–Kier alpha value is -2.20. The second kappa shape index (κ2) is 7.38. The molecular weight excluding hydrogens is 304 g/mol. The van der Waals surface area contributed by atoms with Crippen molar-refractivity contribution in [2.45, 2.75) is 26.2 Å². The smallest absolute Gasteiger partial charge is 0.228 e. The van der Waals surface area contributed by atoms with Crippen molar-refractivity contribution in [1.29, 1.82) is 0 Å². The van der Waals surface area contributed by atoms with Gasteiger partial charge in [0.2, 0.25) is 5.91 Å². The van der Waals surface area contributed by atoms with Crippen LogP contribution in [-0.2, 0) is 11.2 Å². The third-order valence-corrected chi connectivity index (χ3v) is 4.80. The average Bonchev–Trinajstić information content (AvgIpc) is 3.00. The Kier molecular flexibility index (Phi) is 5.03. The zero-order valence-electron chi connectivity index (χ0n) is 13.2. The van der Waals surface area contributed by atoms with E-state index in [4.69, 9.17) is 0 Å². The van der Waals surface area contributed by atoms with Crippen LogP contribution in [0.3, 0.4) is 0 Å². The molecule has 0 atom stereocenters. The zero-order chi connectivity index (χ0) is 16.1. The molecule has 0 saturated carbocycles. The fourth-order valence-corrected chi connectivity index (χ4v) is 3.55. The van der Waals surface area contributed by atoms with Crippen LogP contribution < -0.4 is 4.90 Å². The standard InChI is InChI=1S/C19H20N2OS/c1-2-8-18(22)21(14-13-15-9-4-3-5-10-15)19-20-16-11-6-7-12-17(16)23-19/h3-7,9-12H,2,8,13-14H2,1H3. The summed E-state index contributed by atoms with van der Waals surface area (Å²) < 4.78 is 1.12. The lowest BCUT2D eigenvalue weighted by atomic mass is 10.1. The molecule has 0 radical (unpaired) electrons. The molecule has 0 unspecified atom stereocenters. The molecule has 0 bridgehead atoms. The number of para-hydroxylation sites is 1. The number of hydrogen-bond acceptors (Lipinski definition) is 3. The summed E-state index contributed by atoms with van der Waals surface area (Å²) in [4.78, 5) is 19.0. The Balaban J connectivity index is 1.84. The molecule has 118 valence electrons. The Bertz CT molecular complexity index is 749. The predicted octanol–water partition coefficient (Wildman–Crippen LogP) is 4.67. The molecule has 3 nitrogen and oxygen atoms in total. The number of aromatic nitrogens is 1. The number of amides is 1. The van der Waals surface area contributed by atoms with E-state index in [2.05, 4.69) is 23.2 Å². The van der Waals surface area contributed by atoms with Crippen molar-refractivity contribution in [3.8, 4) is 0 Å². The lowest BCUT2D eigenvalue weighted by molar-refractivity contribution is -0.118. The Morgan fingerprint density at radius 3 is 2.57 bits per heavy atom. The number of fused-ring (bicyclic) bond motifs is 1. The van der Waals surface area contributed by atoms with E-state index in [1.54, 1.807) is 11.3 Å². The van der Waals surface area contributed by atoms with Crippen molar-refractivity contribution in [2.75, 3.05) is 11.4 Å². The largest absolute Gasteiger partial charge is 0.288 e. The summed E-state index contributed by atoms with van der Waals surface area (Å²) in [6.07, 6.45) is 2.25. The zero-order valence-corrected chi connectivity index (χ0v) is 14.1. The lowest BCUT2D eigenvalue weighted by Gasteiger charge is -2.19. The molecule has 2 aromatic carbocycles. The van der Waals surface area contributed by atoms with Crippen LogP contribution in [0.25, 0.3) is 10.2 Å². The highest BCUT2D eigenvalue weighted by atomic mass is 32.1. The molecule has 0 aliphatic carbocycles. The van der Waals surface area contributed by atoms with Gasteiger partial charge in [0.15, 0.2) is 5.13 Å². The lowest BCUT2D eigenvalue weighted by Crippen LogP contribution is -2.32. The highest BCUT2D eigenvalue weighted by molar-refractivity contribution is 7.22. The molecule has 4 heteroatoms. The maximum absolute atomic E-state index is 12.5. The van der Waals surface area contributed by atoms with Gasteiger partial charge in [-0.1, -0.05) is 60.7 Å². The number of thiazole rings is 1. The fourth-order valence-electron chi connectivity index (χ4n) is 2.54. The molecule has 23 heavy (non-hydrogen) atoms. The van der Waals surface area contributed by atoms with Crippen molar-refractivity contribution < 1.29 is 4.79 Å². The van der Waals surface area contributed by atoms with E-state index >= 15 is 0 Å². The van der Waals surface area contributed by atoms with E-state index in [9.17, 15) is 4.79 Å². The van der Waals surface area contributed by atoms with E-state index in [-0.39, 0.29) is 5.91 Å². The van der Waals surface area contributed by atoms with Crippen molar-refractivity contribution in [2.24, 2.45) is 0 Å². The first-order valence-electron chi connectivity index (χ1n) is 7.98. The SMILES string of the molecule is CCCC(=O)N(CCc1ccccc1)c1nc2ccccc2s1. The van der Waals surface area contributed by atoms with Crippen LogP contribution in [0, 0.1) is 0 Å². The highest BCUT2D eigenvalue weighted by Gasteiger charge is 2.18. The van der Waals surface area contributed by atoms with Crippen LogP contribution in [0.5, 0.6) is 0 Å². The number of carbonyl (C=O) groups is 1. The van der Waals surface area contributed by atoms with Crippen molar-refractivity contribution in [3.63, 3.8) is 0 Å². The molecule has 3 rings (SSSR count). The number of anilines is 1. The van der Waals surface area contributed by atoms with Gasteiger partial charge < -0.3 is 0 Å². The minimum Gasteiger partial charge on any atom is -0.288 e. The van der Waals surface area contributed by atoms with E-state index in [0.717, 1.165) is 28.2 Å². The predicted molar refractivity (Wildman–Crippen MR) is 97.0 cm³/mol. The third-order valence-electron chi connectivity index (χ3n) is 3.75. The second-order valence-corrected chi connectivity index (χ2v) is 6.50. The van der Waals surface area contributed by atoms with E-state index in [1.807, 2.05) is 48.2 Å². The minimum atomic E-state index is 0.155. The molecule has 0 aliphatic heterocycles. The Morgan fingerprint density at radius 1 is 1.09 bits per heavy atom. The van der Waals surface area contributed by atoms with Gasteiger partial charge in [-0.15, -0.1) is 0 Å². The van der Waals surface area contributed by atoms with Gasteiger partial charge in [0.25, 0.3) is 0 Å². The molecule has 0 spiro atoms. The second-order valence-electron chi connectivity index (χ2n) is 5.50. The normalized spacial score (nSPS) is 10.8. The van der Waals surface area contributed by atoms with Gasteiger partial charge in [-0.2, -0.15) is 0 Å². The van der Waals surface area contributed by atoms with Crippen molar-refractivity contribution in [3.05, 3.63) is 60.2 Å². The van der Waals surface area contributed by atoms with E-state index in [1.165, 1.54) is 5.56 Å². The van der Waals surface area contributed by atoms with Crippen LogP contribution in [0.15, 0.2) is 54.6 Å². The number of nitrogens with zero attached hydrogens (tertiary/aromatic N) is 2. The Labute approximate surface area is 140 Å². The van der Waals surface area contributed by atoms with Crippen LogP contribution in [-0.4, -0.2) is 17.4 Å². The Morgan fingerprint density at radius 2 is 1.83 bits per heavy atom. The molecule has 0 fully saturated rings. The first-order valence-corrected chi connectivity index (χ1v) is 8.79. The number of carbonyl (C=O) groups excluding carboxylic acids is 1. The van der Waals surface area contributed by atoms with Crippen LogP contribution in [0.2, 0.25) is 0 Å². The molecule has 0 saturated heterocycles. The van der Waals surface area contributed by atoms with Gasteiger partial charge in [0.1, 0.15) is 0 Å². The summed E-state index contributed by atoms with van der Waals surface area (Å²) in [5.74, 6) is 0.155. The molecular formula is C19H20N2OS. The minimum absolute atomic E-state index is 0.155. The van der Waals surface area contributed by atoms with Crippen LogP contribution in [0.1, 0.15) is 25.3 Å². The molecule has 1 amide bonds. The maximum atomic E-state index is 12.5. The first-order chi connectivity index (χ1) is 11.3. The molecule has 0 N–H and O–H groups in total. The summed E-state index contributed by atoms with van der Waals surface area (Å²) in [5, 5.41) is 0.806. The van der Waals surface area contributed by atoms with Gasteiger partial charge in [0, 0.05) is 13.0 Å². The average molecular weight is 324 g/mol. The van der Waals surface area contributed by atoms with Gasteiger partial charge in [-0.3, -0.25) is 9.69 Å². The summed E-state index contributed by atoms with van der Waals surface area (Å²) in [6, 6.07) is 18.3.